The van der Waals surface area contributed by atoms with Crippen LogP contribution in [0.3, 0.4) is 0 Å². The van der Waals surface area contributed by atoms with Gasteiger partial charge in [0.25, 0.3) is 0 Å². The highest BCUT2D eigenvalue weighted by molar-refractivity contribution is 6.31. The first-order valence-corrected chi connectivity index (χ1v) is 16.2. The van der Waals surface area contributed by atoms with Crippen LogP contribution in [0.15, 0.2) is 47.4 Å². The predicted molar refractivity (Wildman–Crippen MR) is 175 cm³/mol. The van der Waals surface area contributed by atoms with Crippen LogP contribution in [0.1, 0.15) is 75.5 Å². The SMILES string of the molecule is CC(=N)NCC[C@@H]1CCC[C@@H](c2ccc(-n3cc4cc(-c5cc(CCC[C@@H](N)C6CC6)cc(Cl)c5F)[nH]c4nc3=O)cc2F)N1. The Morgan fingerprint density at radius 2 is 2.02 bits per heavy atom. The second-order valence-electron chi connectivity index (χ2n) is 12.6. The van der Waals surface area contributed by atoms with E-state index in [1.165, 1.54) is 23.5 Å². The molecule has 2 fully saturated rings. The van der Waals surface area contributed by atoms with Gasteiger partial charge in [0.1, 0.15) is 11.5 Å². The minimum atomic E-state index is -0.577. The van der Waals surface area contributed by atoms with Gasteiger partial charge in [-0.05, 0) is 100 Å². The lowest BCUT2D eigenvalue weighted by Gasteiger charge is -2.32. The van der Waals surface area contributed by atoms with Crippen LogP contribution in [0, 0.1) is 23.0 Å². The van der Waals surface area contributed by atoms with Crippen molar-refractivity contribution in [3.8, 4) is 16.9 Å². The van der Waals surface area contributed by atoms with E-state index in [-0.39, 0.29) is 23.1 Å². The standard InChI is InChI=1S/C34H40ClF2N7O/c1-19(38)40-13-12-23-5-3-7-30(41-23)25-11-10-24(17-28(25)36)44-18-22-16-31(42-33(22)43-34(44)45)26-14-20(15-27(35)32(26)37)4-2-6-29(39)21-8-9-21/h10-11,14-18,21,23,29-30,41H,2-9,12-13,39H2,1H3,(H2,38,40)(H,42,43,45)/t23-,29+,30-/m0/s1. The molecule has 0 unspecified atom stereocenters. The number of nitrogens with zero attached hydrogens (tertiary/aromatic N) is 2. The maximum Gasteiger partial charge on any atom is 0.354 e. The number of hydrogen-bond donors (Lipinski definition) is 5. The highest BCUT2D eigenvalue weighted by atomic mass is 35.5. The van der Waals surface area contributed by atoms with Gasteiger partial charge in [-0.1, -0.05) is 24.1 Å². The molecule has 2 aliphatic rings. The van der Waals surface area contributed by atoms with Crippen LogP contribution in [-0.4, -0.2) is 39.0 Å². The van der Waals surface area contributed by atoms with E-state index in [4.69, 9.17) is 22.7 Å². The van der Waals surface area contributed by atoms with Crippen molar-refractivity contribution in [3.05, 3.63) is 80.9 Å². The number of benzene rings is 2. The topological polar surface area (TPSA) is 125 Å². The summed E-state index contributed by atoms with van der Waals surface area (Å²) < 4.78 is 32.0. The van der Waals surface area contributed by atoms with E-state index in [2.05, 4.69) is 20.6 Å². The number of nitrogens with two attached hydrogens (primary N) is 1. The van der Waals surface area contributed by atoms with Crippen molar-refractivity contribution in [2.24, 2.45) is 11.7 Å². The summed E-state index contributed by atoms with van der Waals surface area (Å²) >= 11 is 6.29. The normalized spacial score (nSPS) is 19.1. The molecule has 238 valence electrons. The summed E-state index contributed by atoms with van der Waals surface area (Å²) in [6.07, 6.45) is 10.2. The largest absolute Gasteiger partial charge is 0.374 e. The fourth-order valence-electron chi connectivity index (χ4n) is 6.49. The molecule has 6 N–H and O–H groups in total. The van der Waals surface area contributed by atoms with E-state index in [1.807, 2.05) is 0 Å². The van der Waals surface area contributed by atoms with Gasteiger partial charge >= 0.3 is 5.69 Å². The lowest BCUT2D eigenvalue weighted by atomic mass is 9.91. The first-order valence-electron chi connectivity index (χ1n) is 15.9. The molecule has 3 heterocycles. The molecule has 1 saturated carbocycles. The number of aromatic amines is 1. The van der Waals surface area contributed by atoms with Crippen molar-refractivity contribution in [1.82, 2.24) is 25.2 Å². The van der Waals surface area contributed by atoms with Crippen LogP contribution in [0.4, 0.5) is 8.78 Å². The van der Waals surface area contributed by atoms with Gasteiger partial charge in [0.15, 0.2) is 5.82 Å². The first-order chi connectivity index (χ1) is 21.7. The lowest BCUT2D eigenvalue weighted by Crippen LogP contribution is -2.39. The minimum Gasteiger partial charge on any atom is -0.374 e. The fourth-order valence-corrected chi connectivity index (χ4v) is 6.73. The second kappa shape index (κ2) is 13.4. The summed E-state index contributed by atoms with van der Waals surface area (Å²) in [6.45, 7) is 2.41. The molecule has 11 heteroatoms. The molecular formula is C34H40ClF2N7O. The summed E-state index contributed by atoms with van der Waals surface area (Å²) in [7, 11) is 0. The molecule has 0 bridgehead atoms. The third-order valence-corrected chi connectivity index (χ3v) is 9.39. The van der Waals surface area contributed by atoms with Gasteiger partial charge in [-0.25, -0.2) is 13.6 Å². The van der Waals surface area contributed by atoms with Crippen LogP contribution >= 0.6 is 11.6 Å². The number of piperidine rings is 1. The predicted octanol–water partition coefficient (Wildman–Crippen LogP) is 6.53. The molecule has 0 spiro atoms. The van der Waals surface area contributed by atoms with E-state index in [1.54, 1.807) is 43.5 Å². The number of amidine groups is 1. The van der Waals surface area contributed by atoms with E-state index in [0.717, 1.165) is 50.5 Å². The minimum absolute atomic E-state index is 0.0349. The van der Waals surface area contributed by atoms with Crippen molar-refractivity contribution in [3.63, 3.8) is 0 Å². The zero-order valence-electron chi connectivity index (χ0n) is 25.4. The number of fused-ring (bicyclic) bond motifs is 1. The molecule has 1 aliphatic carbocycles. The summed E-state index contributed by atoms with van der Waals surface area (Å²) in [4.78, 5) is 20.3. The Morgan fingerprint density at radius 1 is 1.20 bits per heavy atom. The molecule has 1 saturated heterocycles. The van der Waals surface area contributed by atoms with Crippen molar-refractivity contribution in [1.29, 1.82) is 5.41 Å². The van der Waals surface area contributed by atoms with Gasteiger partial charge in [0, 0.05) is 47.4 Å². The van der Waals surface area contributed by atoms with E-state index in [0.29, 0.717) is 51.8 Å². The molecule has 45 heavy (non-hydrogen) atoms. The third kappa shape index (κ3) is 7.29. The van der Waals surface area contributed by atoms with Crippen molar-refractivity contribution < 1.29 is 8.78 Å². The van der Waals surface area contributed by atoms with Crippen LogP contribution in [0.25, 0.3) is 28.0 Å². The Labute approximate surface area is 266 Å². The zero-order chi connectivity index (χ0) is 31.7. The average molecular weight is 636 g/mol. The molecule has 1 aliphatic heterocycles. The van der Waals surface area contributed by atoms with Crippen LogP contribution in [-0.2, 0) is 6.42 Å². The Kier molecular flexibility index (Phi) is 9.35. The van der Waals surface area contributed by atoms with E-state index >= 15 is 8.78 Å². The van der Waals surface area contributed by atoms with Crippen molar-refractivity contribution >= 4 is 28.5 Å². The Hall–Kier alpha value is -3.60. The molecule has 3 atom stereocenters. The number of H-pyrrole nitrogens is 1. The van der Waals surface area contributed by atoms with Gasteiger partial charge in [-0.3, -0.25) is 9.98 Å². The molecule has 6 rings (SSSR count). The van der Waals surface area contributed by atoms with Crippen LogP contribution in [0.2, 0.25) is 5.02 Å². The summed E-state index contributed by atoms with van der Waals surface area (Å²) in [5.74, 6) is 0.128. The summed E-state index contributed by atoms with van der Waals surface area (Å²) in [5.41, 5.74) is 8.58. The quantitative estimate of drug-likeness (QED) is 0.0947. The van der Waals surface area contributed by atoms with E-state index in [9.17, 15) is 4.79 Å². The smallest absolute Gasteiger partial charge is 0.354 e. The highest BCUT2D eigenvalue weighted by Gasteiger charge is 2.28. The maximum absolute atomic E-state index is 15.5. The molecular weight excluding hydrogens is 596 g/mol. The fraction of sp³-hybridized carbons (Fsp3) is 0.441. The van der Waals surface area contributed by atoms with Gasteiger partial charge < -0.3 is 21.4 Å². The lowest BCUT2D eigenvalue weighted by molar-refractivity contribution is 0.307. The molecule has 0 amide bonds. The molecule has 2 aromatic heterocycles. The second-order valence-corrected chi connectivity index (χ2v) is 13.0. The van der Waals surface area contributed by atoms with Gasteiger partial charge in [-0.2, -0.15) is 4.98 Å². The van der Waals surface area contributed by atoms with E-state index < -0.39 is 17.3 Å². The Balaban J connectivity index is 1.20. The highest BCUT2D eigenvalue weighted by Crippen LogP contribution is 2.35. The molecule has 0 radical (unpaired) electrons. The third-order valence-electron chi connectivity index (χ3n) is 9.12. The van der Waals surface area contributed by atoms with Gasteiger partial charge in [-0.15, -0.1) is 0 Å². The maximum atomic E-state index is 15.5. The molecule has 2 aromatic carbocycles. The van der Waals surface area contributed by atoms with Crippen LogP contribution in [0.5, 0.6) is 0 Å². The summed E-state index contributed by atoms with van der Waals surface area (Å²) in [5, 5.41) is 14.7. The van der Waals surface area contributed by atoms with Gasteiger partial charge in [0.2, 0.25) is 0 Å². The Morgan fingerprint density at radius 3 is 2.78 bits per heavy atom. The zero-order valence-corrected chi connectivity index (χ0v) is 26.2. The number of nitrogens with one attached hydrogen (secondary N) is 4. The summed E-state index contributed by atoms with van der Waals surface area (Å²) in [6, 6.07) is 10.3. The number of aromatic nitrogens is 3. The monoisotopic (exact) mass is 635 g/mol. The number of aryl methyl sites for hydroxylation is 1. The number of halogens is 3. The number of hydrogen-bond acceptors (Lipinski definition) is 5. The van der Waals surface area contributed by atoms with Crippen molar-refractivity contribution in [2.75, 3.05) is 6.54 Å². The average Bonchev–Trinajstić information content (AvgIpc) is 3.78. The van der Waals surface area contributed by atoms with Crippen LogP contribution < -0.4 is 22.1 Å². The molecule has 8 nitrogen and oxygen atoms in total. The first kappa shape index (κ1) is 31.4. The van der Waals surface area contributed by atoms with Gasteiger partial charge in [0.05, 0.1) is 22.2 Å². The molecule has 4 aromatic rings. The van der Waals surface area contributed by atoms with Crippen molar-refractivity contribution in [2.45, 2.75) is 82.8 Å². The Bertz CT molecular complexity index is 1770. The number of rotatable bonds is 11.